The summed E-state index contributed by atoms with van der Waals surface area (Å²) in [5.74, 6) is 0. The van der Waals surface area contributed by atoms with E-state index in [4.69, 9.17) is 4.74 Å². The van der Waals surface area contributed by atoms with E-state index >= 15 is 0 Å². The fourth-order valence-corrected chi connectivity index (χ4v) is 1.81. The van der Waals surface area contributed by atoms with Gasteiger partial charge in [0.1, 0.15) is 0 Å². The van der Waals surface area contributed by atoms with Crippen molar-refractivity contribution in [1.82, 2.24) is 0 Å². The lowest BCUT2D eigenvalue weighted by Crippen LogP contribution is -2.24. The van der Waals surface area contributed by atoms with E-state index in [-0.39, 0.29) is 0 Å². The Morgan fingerprint density at radius 1 is 1.47 bits per heavy atom. The van der Waals surface area contributed by atoms with Gasteiger partial charge in [0.15, 0.2) is 0 Å². The van der Waals surface area contributed by atoms with Crippen LogP contribution in [-0.4, -0.2) is 19.8 Å². The van der Waals surface area contributed by atoms with Crippen molar-refractivity contribution in [3.05, 3.63) is 28.2 Å². The maximum Gasteiger partial charge on any atom is 0.0663 e. The first kappa shape index (κ1) is 12.5. The molecular formula is C12H18BrNO. The monoisotopic (exact) mass is 271 g/mol. The van der Waals surface area contributed by atoms with Crippen molar-refractivity contribution in [2.45, 2.75) is 26.3 Å². The van der Waals surface area contributed by atoms with Gasteiger partial charge >= 0.3 is 0 Å². The molecule has 0 fully saturated rings. The molecular weight excluding hydrogens is 254 g/mol. The molecule has 0 aromatic heterocycles. The maximum atomic E-state index is 5.16. The molecule has 0 amide bonds. The van der Waals surface area contributed by atoms with Gasteiger partial charge in [-0.15, -0.1) is 0 Å². The number of halogens is 1. The van der Waals surface area contributed by atoms with Crippen LogP contribution in [0.15, 0.2) is 22.7 Å². The van der Waals surface area contributed by atoms with E-state index in [0.717, 1.165) is 17.5 Å². The third kappa shape index (κ3) is 3.50. The summed E-state index contributed by atoms with van der Waals surface area (Å²) in [6.45, 7) is 5.00. The van der Waals surface area contributed by atoms with Gasteiger partial charge in [-0.3, -0.25) is 0 Å². The Morgan fingerprint density at radius 2 is 2.20 bits per heavy atom. The Bertz CT molecular complexity index is 314. The average Bonchev–Trinajstić information content (AvgIpc) is 2.24. The molecule has 3 heteroatoms. The van der Waals surface area contributed by atoms with Crippen molar-refractivity contribution >= 4 is 21.6 Å². The Hall–Kier alpha value is -0.540. The van der Waals surface area contributed by atoms with Gasteiger partial charge in [0.05, 0.1) is 6.61 Å². The van der Waals surface area contributed by atoms with E-state index in [9.17, 15) is 0 Å². The molecule has 1 aromatic rings. The fourth-order valence-electron chi connectivity index (χ4n) is 1.45. The van der Waals surface area contributed by atoms with E-state index in [1.165, 1.54) is 11.3 Å². The quantitative estimate of drug-likeness (QED) is 0.884. The molecule has 84 valence electrons. The summed E-state index contributed by atoms with van der Waals surface area (Å²) in [5, 5.41) is 3.48. The van der Waals surface area contributed by atoms with Crippen LogP contribution < -0.4 is 5.32 Å². The molecule has 0 heterocycles. The van der Waals surface area contributed by atoms with Crippen LogP contribution in [0.4, 0.5) is 5.69 Å². The van der Waals surface area contributed by atoms with Crippen molar-refractivity contribution in [2.75, 3.05) is 19.0 Å². The number of hydrogen-bond acceptors (Lipinski definition) is 2. The number of rotatable bonds is 5. The highest BCUT2D eigenvalue weighted by Crippen LogP contribution is 2.24. The highest BCUT2D eigenvalue weighted by Gasteiger charge is 2.07. The Balaban J connectivity index is 2.74. The van der Waals surface area contributed by atoms with Crippen LogP contribution in [0, 0.1) is 6.92 Å². The molecule has 15 heavy (non-hydrogen) atoms. The van der Waals surface area contributed by atoms with Crippen molar-refractivity contribution in [3.8, 4) is 0 Å². The zero-order valence-corrected chi connectivity index (χ0v) is 11.1. The summed E-state index contributed by atoms with van der Waals surface area (Å²) in [5.41, 5.74) is 2.42. The molecule has 1 atom stereocenters. The Morgan fingerprint density at radius 3 is 2.80 bits per heavy atom. The van der Waals surface area contributed by atoms with Crippen LogP contribution in [0.1, 0.15) is 18.9 Å². The molecule has 0 saturated carbocycles. The van der Waals surface area contributed by atoms with Crippen molar-refractivity contribution in [3.63, 3.8) is 0 Å². The topological polar surface area (TPSA) is 21.3 Å². The first-order valence-corrected chi connectivity index (χ1v) is 5.99. The molecule has 1 N–H and O–H groups in total. The van der Waals surface area contributed by atoms with Gasteiger partial charge in [-0.05, 0) is 31.0 Å². The molecule has 1 unspecified atom stereocenters. The fraction of sp³-hybridized carbons (Fsp3) is 0.500. The summed E-state index contributed by atoms with van der Waals surface area (Å²) >= 11 is 3.53. The highest BCUT2D eigenvalue weighted by atomic mass is 79.9. The van der Waals surface area contributed by atoms with Gasteiger partial charge in [-0.1, -0.05) is 28.9 Å². The minimum Gasteiger partial charge on any atom is -0.383 e. The second-order valence-electron chi connectivity index (χ2n) is 3.62. The molecule has 0 spiro atoms. The van der Waals surface area contributed by atoms with Crippen LogP contribution in [0.3, 0.4) is 0 Å². The number of anilines is 1. The second kappa shape index (κ2) is 6.13. The molecule has 1 aromatic carbocycles. The largest absolute Gasteiger partial charge is 0.383 e. The van der Waals surface area contributed by atoms with Gasteiger partial charge in [-0.25, -0.2) is 0 Å². The van der Waals surface area contributed by atoms with Crippen LogP contribution in [0.5, 0.6) is 0 Å². The van der Waals surface area contributed by atoms with Gasteiger partial charge in [-0.2, -0.15) is 0 Å². The molecule has 0 aliphatic rings. The van der Waals surface area contributed by atoms with E-state index < -0.39 is 0 Å². The number of ether oxygens (including phenoxy) is 1. The van der Waals surface area contributed by atoms with E-state index in [1.807, 2.05) is 6.07 Å². The third-order valence-electron chi connectivity index (χ3n) is 2.49. The van der Waals surface area contributed by atoms with Crippen molar-refractivity contribution < 1.29 is 4.74 Å². The van der Waals surface area contributed by atoms with Crippen LogP contribution in [-0.2, 0) is 4.74 Å². The Labute approximate surface area is 100 Å². The molecule has 0 aliphatic carbocycles. The lowest BCUT2D eigenvalue weighted by Gasteiger charge is -2.19. The summed E-state index contributed by atoms with van der Waals surface area (Å²) in [6, 6.07) is 6.57. The second-order valence-corrected chi connectivity index (χ2v) is 4.47. The number of methoxy groups -OCH3 is 1. The lowest BCUT2D eigenvalue weighted by atomic mass is 10.1. The molecule has 2 nitrogen and oxygen atoms in total. The maximum absolute atomic E-state index is 5.16. The normalized spacial score (nSPS) is 12.5. The molecule has 1 rings (SSSR count). The van der Waals surface area contributed by atoms with E-state index in [1.54, 1.807) is 7.11 Å². The molecule has 0 radical (unpaired) electrons. The number of benzene rings is 1. The summed E-state index contributed by atoms with van der Waals surface area (Å²) in [4.78, 5) is 0. The standard InChI is InChI=1S/C12H18BrNO/c1-4-10(8-15-3)14-12-7-5-6-11(13)9(12)2/h5-7,10,14H,4,8H2,1-3H3. The highest BCUT2D eigenvalue weighted by molar-refractivity contribution is 9.10. The van der Waals surface area contributed by atoms with E-state index in [0.29, 0.717) is 6.04 Å². The van der Waals surface area contributed by atoms with Crippen molar-refractivity contribution in [2.24, 2.45) is 0 Å². The minimum atomic E-state index is 0.378. The Kier molecular flexibility index (Phi) is 5.12. The average molecular weight is 272 g/mol. The summed E-state index contributed by atoms with van der Waals surface area (Å²) in [7, 11) is 1.73. The zero-order valence-electron chi connectivity index (χ0n) is 9.51. The van der Waals surface area contributed by atoms with Crippen LogP contribution in [0.25, 0.3) is 0 Å². The lowest BCUT2D eigenvalue weighted by molar-refractivity contribution is 0.184. The van der Waals surface area contributed by atoms with Gasteiger partial charge < -0.3 is 10.1 Å². The zero-order chi connectivity index (χ0) is 11.3. The summed E-state index contributed by atoms with van der Waals surface area (Å²) < 4.78 is 6.30. The first-order valence-electron chi connectivity index (χ1n) is 5.19. The predicted octanol–water partition coefficient (Wildman–Crippen LogP) is 3.59. The predicted molar refractivity (Wildman–Crippen MR) is 68.5 cm³/mol. The number of hydrogen-bond donors (Lipinski definition) is 1. The van der Waals surface area contributed by atoms with Gasteiger partial charge in [0.2, 0.25) is 0 Å². The molecule has 0 aliphatic heterocycles. The number of nitrogens with one attached hydrogen (secondary N) is 1. The van der Waals surface area contributed by atoms with Crippen LogP contribution in [0.2, 0.25) is 0 Å². The van der Waals surface area contributed by atoms with E-state index in [2.05, 4.69) is 47.2 Å². The first-order chi connectivity index (χ1) is 7.19. The SMILES string of the molecule is CCC(COC)Nc1cccc(Br)c1C. The van der Waals surface area contributed by atoms with Crippen LogP contribution >= 0.6 is 15.9 Å². The molecule has 0 saturated heterocycles. The summed E-state index contributed by atoms with van der Waals surface area (Å²) in [6.07, 6.45) is 1.06. The van der Waals surface area contributed by atoms with Gasteiger partial charge in [0, 0.05) is 23.3 Å². The third-order valence-corrected chi connectivity index (χ3v) is 3.35. The van der Waals surface area contributed by atoms with Gasteiger partial charge in [0.25, 0.3) is 0 Å². The molecule has 0 bridgehead atoms. The smallest absolute Gasteiger partial charge is 0.0663 e. The minimum absolute atomic E-state index is 0.378. The van der Waals surface area contributed by atoms with Crippen molar-refractivity contribution in [1.29, 1.82) is 0 Å².